The fraction of sp³-hybridized carbons (Fsp3) is 0.857. The van der Waals surface area contributed by atoms with Crippen LogP contribution in [0, 0.1) is 5.92 Å². The van der Waals surface area contributed by atoms with E-state index in [1.165, 1.54) is 0 Å². The molecular formula is C14H24O6S2. The first-order valence-electron chi connectivity index (χ1n) is 7.36. The van der Waals surface area contributed by atoms with Gasteiger partial charge >= 0.3 is 5.97 Å². The van der Waals surface area contributed by atoms with Gasteiger partial charge in [0, 0.05) is 4.75 Å². The second-order valence-corrected chi connectivity index (χ2v) is 9.90. The molecule has 1 aliphatic rings. The maximum absolute atomic E-state index is 12.0. The molecule has 0 heterocycles. The van der Waals surface area contributed by atoms with Crippen LogP contribution in [0.15, 0.2) is 0 Å². The van der Waals surface area contributed by atoms with Crippen molar-refractivity contribution in [3.63, 3.8) is 0 Å². The first-order valence-corrected chi connectivity index (χ1v) is 9.68. The fourth-order valence-electron chi connectivity index (χ4n) is 2.32. The average molecular weight is 352 g/mol. The summed E-state index contributed by atoms with van der Waals surface area (Å²) in [7, 11) is -4.83. The lowest BCUT2D eigenvalue weighted by Gasteiger charge is -2.23. The molecule has 1 rings (SSSR count). The van der Waals surface area contributed by atoms with Crippen LogP contribution >= 0.6 is 11.8 Å². The Morgan fingerprint density at radius 3 is 2.23 bits per heavy atom. The van der Waals surface area contributed by atoms with Gasteiger partial charge in [-0.2, -0.15) is 8.42 Å². The van der Waals surface area contributed by atoms with Crippen molar-refractivity contribution in [2.24, 2.45) is 5.92 Å². The molecule has 0 aromatic carbocycles. The molecule has 0 aromatic rings. The van der Waals surface area contributed by atoms with E-state index < -0.39 is 31.2 Å². The minimum absolute atomic E-state index is 0.0956. The molecule has 1 unspecified atom stereocenters. The van der Waals surface area contributed by atoms with Crippen LogP contribution in [-0.4, -0.2) is 40.7 Å². The highest BCUT2D eigenvalue weighted by molar-refractivity contribution is 8.16. The summed E-state index contributed by atoms with van der Waals surface area (Å²) in [6, 6.07) is 0. The second kappa shape index (κ2) is 7.79. The number of thioether (sulfide) groups is 1. The Balaban J connectivity index is 2.70. The Hall–Kier alpha value is -0.600. The highest BCUT2D eigenvalue weighted by Crippen LogP contribution is 2.28. The van der Waals surface area contributed by atoms with E-state index in [2.05, 4.69) is 0 Å². The maximum atomic E-state index is 12.0. The predicted molar refractivity (Wildman–Crippen MR) is 85.2 cm³/mol. The van der Waals surface area contributed by atoms with Crippen LogP contribution in [0.25, 0.3) is 0 Å². The van der Waals surface area contributed by atoms with E-state index in [1.807, 2.05) is 0 Å². The number of esters is 1. The van der Waals surface area contributed by atoms with Crippen LogP contribution in [0.2, 0.25) is 0 Å². The molecule has 1 aliphatic carbocycles. The van der Waals surface area contributed by atoms with Crippen LogP contribution in [0.3, 0.4) is 0 Å². The van der Waals surface area contributed by atoms with Crippen molar-refractivity contribution in [2.75, 3.05) is 6.61 Å². The minimum atomic E-state index is -4.83. The third-order valence-electron chi connectivity index (χ3n) is 3.32. The van der Waals surface area contributed by atoms with Crippen LogP contribution in [0.5, 0.6) is 0 Å². The highest BCUT2D eigenvalue weighted by Gasteiger charge is 2.41. The molecule has 0 saturated heterocycles. The monoisotopic (exact) mass is 352 g/mol. The summed E-state index contributed by atoms with van der Waals surface area (Å²) in [6.07, 6.45) is 5.12. The van der Waals surface area contributed by atoms with Crippen LogP contribution in [-0.2, 0) is 24.4 Å². The number of rotatable bonds is 5. The van der Waals surface area contributed by atoms with Gasteiger partial charge in [-0.3, -0.25) is 14.1 Å². The van der Waals surface area contributed by atoms with E-state index in [9.17, 15) is 22.6 Å². The Morgan fingerprint density at radius 1 is 1.23 bits per heavy atom. The summed E-state index contributed by atoms with van der Waals surface area (Å²) >= 11 is 0.703. The van der Waals surface area contributed by atoms with Gasteiger partial charge in [0.1, 0.15) is 0 Å². The van der Waals surface area contributed by atoms with Gasteiger partial charge in [0.25, 0.3) is 15.4 Å². The topological polar surface area (TPSA) is 97.7 Å². The Bertz CT molecular complexity index is 500. The summed E-state index contributed by atoms with van der Waals surface area (Å²) in [5.41, 5.74) is 0. The van der Waals surface area contributed by atoms with Gasteiger partial charge in [-0.25, -0.2) is 0 Å². The average Bonchev–Trinajstić information content (AvgIpc) is 2.33. The summed E-state index contributed by atoms with van der Waals surface area (Å²) in [5, 5.41) is -3.08. The Labute approximate surface area is 136 Å². The lowest BCUT2D eigenvalue weighted by Crippen LogP contribution is -2.39. The van der Waals surface area contributed by atoms with Crippen molar-refractivity contribution in [1.82, 2.24) is 0 Å². The SMILES string of the molecule is CC(C)(C)SC(=O)C(C(=O)OCC1CCCCC1)S(=O)(=O)O. The second-order valence-electron chi connectivity index (χ2n) is 6.56. The van der Waals surface area contributed by atoms with Gasteiger partial charge in [0.15, 0.2) is 0 Å². The number of ether oxygens (including phenoxy) is 1. The normalized spacial score (nSPS) is 18.7. The number of carbonyl (C=O) groups is 2. The Kier molecular flexibility index (Phi) is 6.88. The third kappa shape index (κ3) is 6.66. The zero-order valence-corrected chi connectivity index (χ0v) is 14.8. The maximum Gasteiger partial charge on any atom is 0.335 e. The number of carbonyl (C=O) groups excluding carboxylic acids is 2. The molecule has 0 bridgehead atoms. The van der Waals surface area contributed by atoms with Crippen molar-refractivity contribution < 1.29 is 27.3 Å². The van der Waals surface area contributed by atoms with Crippen molar-refractivity contribution in [3.05, 3.63) is 0 Å². The van der Waals surface area contributed by atoms with Crippen LogP contribution in [0.4, 0.5) is 0 Å². The summed E-state index contributed by atoms with van der Waals surface area (Å²) in [6.45, 7) is 5.23. The summed E-state index contributed by atoms with van der Waals surface area (Å²) in [4.78, 5) is 24.0. The summed E-state index contributed by atoms with van der Waals surface area (Å²) in [5.74, 6) is -0.986. The Morgan fingerprint density at radius 2 is 1.77 bits per heavy atom. The molecule has 0 amide bonds. The molecule has 1 N–H and O–H groups in total. The standard InChI is InChI=1S/C14H24O6S2/c1-14(2,3)21-13(16)11(22(17,18)19)12(15)20-9-10-7-5-4-6-8-10/h10-11H,4-9H2,1-3H3,(H,17,18,19). The van der Waals surface area contributed by atoms with Crippen LogP contribution < -0.4 is 0 Å². The first-order chi connectivity index (χ1) is 10.0. The molecular weight excluding hydrogens is 328 g/mol. The van der Waals surface area contributed by atoms with E-state index >= 15 is 0 Å². The number of hydrogen-bond acceptors (Lipinski definition) is 6. The van der Waals surface area contributed by atoms with Crippen molar-refractivity contribution in [1.29, 1.82) is 0 Å². The largest absolute Gasteiger partial charge is 0.464 e. The quantitative estimate of drug-likeness (QED) is 0.461. The number of hydrogen-bond donors (Lipinski definition) is 1. The van der Waals surface area contributed by atoms with E-state index in [0.717, 1.165) is 32.1 Å². The molecule has 1 saturated carbocycles. The lowest BCUT2D eigenvalue weighted by atomic mass is 9.90. The molecule has 128 valence electrons. The zero-order chi connectivity index (χ0) is 17.0. The molecule has 0 spiro atoms. The molecule has 8 heteroatoms. The molecule has 0 radical (unpaired) electrons. The van der Waals surface area contributed by atoms with Gasteiger partial charge in [-0.05, 0) is 18.8 Å². The minimum Gasteiger partial charge on any atom is -0.464 e. The molecule has 1 atom stereocenters. The van der Waals surface area contributed by atoms with Gasteiger partial charge in [0.2, 0.25) is 5.12 Å². The molecule has 22 heavy (non-hydrogen) atoms. The van der Waals surface area contributed by atoms with E-state index in [-0.39, 0.29) is 12.5 Å². The summed E-state index contributed by atoms with van der Waals surface area (Å²) < 4.78 is 36.4. The van der Waals surface area contributed by atoms with E-state index in [0.29, 0.717) is 11.8 Å². The van der Waals surface area contributed by atoms with Gasteiger partial charge in [-0.1, -0.05) is 51.8 Å². The van der Waals surface area contributed by atoms with Gasteiger partial charge in [0.05, 0.1) is 6.61 Å². The van der Waals surface area contributed by atoms with Gasteiger partial charge < -0.3 is 4.74 Å². The van der Waals surface area contributed by atoms with E-state index in [4.69, 9.17) is 4.74 Å². The lowest BCUT2D eigenvalue weighted by molar-refractivity contribution is -0.146. The highest BCUT2D eigenvalue weighted by atomic mass is 32.2. The molecule has 0 aromatic heterocycles. The zero-order valence-electron chi connectivity index (χ0n) is 13.2. The first kappa shape index (κ1) is 19.4. The molecule has 0 aliphatic heterocycles. The predicted octanol–water partition coefficient (Wildman–Crippen LogP) is 2.42. The van der Waals surface area contributed by atoms with Gasteiger partial charge in [-0.15, -0.1) is 0 Å². The van der Waals surface area contributed by atoms with Crippen molar-refractivity contribution >= 4 is 33.0 Å². The third-order valence-corrected chi connectivity index (χ3v) is 5.52. The molecule has 6 nitrogen and oxygen atoms in total. The molecule has 1 fully saturated rings. The van der Waals surface area contributed by atoms with Crippen LogP contribution in [0.1, 0.15) is 52.9 Å². The van der Waals surface area contributed by atoms with Crippen molar-refractivity contribution in [3.8, 4) is 0 Å². The fourth-order valence-corrected chi connectivity index (χ4v) is 4.19. The smallest absolute Gasteiger partial charge is 0.335 e. The van der Waals surface area contributed by atoms with Crippen molar-refractivity contribution in [2.45, 2.75) is 62.9 Å². The van der Waals surface area contributed by atoms with E-state index in [1.54, 1.807) is 20.8 Å².